The van der Waals surface area contributed by atoms with Gasteiger partial charge >= 0.3 is 6.61 Å². The molecule has 1 fully saturated rings. The van der Waals surface area contributed by atoms with Crippen LogP contribution in [0.25, 0.3) is 0 Å². The van der Waals surface area contributed by atoms with Crippen LogP contribution in [0.5, 0.6) is 5.75 Å². The maximum atomic E-state index is 12.7. The quantitative estimate of drug-likeness (QED) is 0.735. The molecule has 2 aromatic rings. The summed E-state index contributed by atoms with van der Waals surface area (Å²) in [6, 6.07) is 13.0. The van der Waals surface area contributed by atoms with E-state index in [0.29, 0.717) is 48.7 Å². The largest absolute Gasteiger partial charge is 0.435 e. The molecule has 3 rings (SSSR count). The minimum Gasteiger partial charge on any atom is -0.435 e. The maximum Gasteiger partial charge on any atom is 0.387 e. The third kappa shape index (κ3) is 5.67. The van der Waals surface area contributed by atoms with E-state index >= 15 is 0 Å². The Kier molecular flexibility index (Phi) is 7.04. The van der Waals surface area contributed by atoms with Crippen molar-refractivity contribution in [1.29, 1.82) is 0 Å². The molecule has 1 saturated heterocycles. The van der Waals surface area contributed by atoms with E-state index in [0.717, 1.165) is 0 Å². The number of amides is 2. The Balaban J connectivity index is 1.60. The fourth-order valence-corrected chi connectivity index (χ4v) is 3.51. The smallest absolute Gasteiger partial charge is 0.387 e. The minimum absolute atomic E-state index is 0.0256. The number of ether oxygens (including phenoxy) is 1. The van der Waals surface area contributed by atoms with Gasteiger partial charge in [-0.1, -0.05) is 35.9 Å². The zero-order valence-electron chi connectivity index (χ0n) is 15.7. The highest BCUT2D eigenvalue weighted by molar-refractivity contribution is 6.33. The van der Waals surface area contributed by atoms with Gasteiger partial charge in [0.15, 0.2) is 0 Å². The Morgan fingerprint density at radius 2 is 1.72 bits per heavy atom. The lowest BCUT2D eigenvalue weighted by Crippen LogP contribution is -2.38. The van der Waals surface area contributed by atoms with E-state index in [-0.39, 0.29) is 24.0 Å². The van der Waals surface area contributed by atoms with Crippen molar-refractivity contribution in [1.82, 2.24) is 9.80 Å². The Bertz CT molecular complexity index is 879. The molecule has 0 atom stereocenters. The first-order chi connectivity index (χ1) is 13.9. The lowest BCUT2D eigenvalue weighted by molar-refractivity contribution is -0.130. The Morgan fingerprint density at radius 1 is 1.00 bits per heavy atom. The fraction of sp³-hybridized carbons (Fsp3) is 0.333. The lowest BCUT2D eigenvalue weighted by Gasteiger charge is -2.22. The van der Waals surface area contributed by atoms with E-state index in [1.54, 1.807) is 46.2 Å². The summed E-state index contributed by atoms with van der Waals surface area (Å²) in [7, 11) is 0. The molecule has 154 valence electrons. The van der Waals surface area contributed by atoms with Crippen LogP contribution in [0.4, 0.5) is 8.78 Å². The van der Waals surface area contributed by atoms with Gasteiger partial charge in [-0.15, -0.1) is 0 Å². The maximum absolute atomic E-state index is 12.7. The van der Waals surface area contributed by atoms with Crippen LogP contribution in [0.1, 0.15) is 22.3 Å². The first-order valence-electron chi connectivity index (χ1n) is 9.29. The van der Waals surface area contributed by atoms with Crippen molar-refractivity contribution in [3.63, 3.8) is 0 Å². The molecule has 0 aromatic heterocycles. The summed E-state index contributed by atoms with van der Waals surface area (Å²) in [5.41, 5.74) is 1.05. The number of halogens is 3. The van der Waals surface area contributed by atoms with Gasteiger partial charge in [0.05, 0.1) is 17.0 Å². The molecular formula is C21H21ClF2N2O3. The summed E-state index contributed by atoms with van der Waals surface area (Å²) >= 11 is 6.12. The van der Waals surface area contributed by atoms with Crippen molar-refractivity contribution in [3.05, 3.63) is 64.7 Å². The highest BCUT2D eigenvalue weighted by atomic mass is 35.5. The number of carbonyl (C=O) groups is 2. The molecule has 0 bridgehead atoms. The van der Waals surface area contributed by atoms with Crippen molar-refractivity contribution in [2.45, 2.75) is 19.5 Å². The number of nitrogens with zero attached hydrogens (tertiary/aromatic N) is 2. The first-order valence-corrected chi connectivity index (χ1v) is 9.67. The first kappa shape index (κ1) is 21.0. The average molecular weight is 423 g/mol. The fourth-order valence-electron chi connectivity index (χ4n) is 3.29. The SMILES string of the molecule is O=C(Cc1cccc(OC(F)F)c1)N1CCCN(C(=O)c2ccccc2Cl)CC1. The number of benzene rings is 2. The molecule has 0 spiro atoms. The minimum atomic E-state index is -2.91. The van der Waals surface area contributed by atoms with Gasteiger partial charge in [0.25, 0.3) is 5.91 Å². The molecule has 8 heteroatoms. The predicted octanol–water partition coefficient (Wildman–Crippen LogP) is 3.86. The van der Waals surface area contributed by atoms with Gasteiger partial charge in [-0.25, -0.2) is 0 Å². The molecule has 1 aliphatic heterocycles. The molecule has 2 amide bonds. The van der Waals surface area contributed by atoms with Crippen molar-refractivity contribution in [2.24, 2.45) is 0 Å². The molecular weight excluding hydrogens is 402 g/mol. The highest BCUT2D eigenvalue weighted by Gasteiger charge is 2.24. The summed E-state index contributed by atoms with van der Waals surface area (Å²) in [5.74, 6) is -0.245. The second-order valence-corrected chi connectivity index (χ2v) is 7.12. The molecule has 1 heterocycles. The Hall–Kier alpha value is -2.67. The van der Waals surface area contributed by atoms with Crippen LogP contribution in [-0.4, -0.2) is 54.4 Å². The van der Waals surface area contributed by atoms with Gasteiger partial charge in [0.2, 0.25) is 5.91 Å². The summed E-state index contributed by atoms with van der Waals surface area (Å²) in [6.07, 6.45) is 0.732. The van der Waals surface area contributed by atoms with Crippen molar-refractivity contribution >= 4 is 23.4 Å². The van der Waals surface area contributed by atoms with Crippen LogP contribution in [0.15, 0.2) is 48.5 Å². The Labute approximate surface area is 172 Å². The van der Waals surface area contributed by atoms with Gasteiger partial charge in [0, 0.05) is 26.2 Å². The normalized spacial score (nSPS) is 14.6. The van der Waals surface area contributed by atoms with Crippen molar-refractivity contribution in [3.8, 4) is 5.75 Å². The second-order valence-electron chi connectivity index (χ2n) is 6.71. The van der Waals surface area contributed by atoms with Gasteiger partial charge in [0.1, 0.15) is 5.75 Å². The summed E-state index contributed by atoms with van der Waals surface area (Å²) < 4.78 is 29.1. The van der Waals surface area contributed by atoms with Crippen LogP contribution in [0.2, 0.25) is 5.02 Å². The number of rotatable bonds is 5. The van der Waals surface area contributed by atoms with Crippen molar-refractivity contribution in [2.75, 3.05) is 26.2 Å². The molecule has 29 heavy (non-hydrogen) atoms. The summed E-state index contributed by atoms with van der Waals surface area (Å²) in [4.78, 5) is 28.8. The van der Waals surface area contributed by atoms with Crippen molar-refractivity contribution < 1.29 is 23.1 Å². The standard InChI is InChI=1S/C21H21ClF2N2O3/c22-18-8-2-1-7-17(18)20(28)26-10-4-9-25(11-12-26)19(27)14-15-5-3-6-16(13-15)29-21(23)24/h1-3,5-8,13,21H,4,9-12,14H2. The molecule has 0 N–H and O–H groups in total. The van der Waals surface area contributed by atoms with Crippen LogP contribution in [-0.2, 0) is 11.2 Å². The predicted molar refractivity (Wildman–Crippen MR) is 105 cm³/mol. The topological polar surface area (TPSA) is 49.9 Å². The van der Waals surface area contributed by atoms with Gasteiger partial charge < -0.3 is 14.5 Å². The number of carbonyl (C=O) groups excluding carboxylic acids is 2. The third-order valence-corrected chi connectivity index (χ3v) is 5.05. The summed E-state index contributed by atoms with van der Waals surface area (Å²) in [6.45, 7) is -1.04. The molecule has 5 nitrogen and oxygen atoms in total. The van der Waals surface area contributed by atoms with Crippen LogP contribution < -0.4 is 4.74 Å². The van der Waals surface area contributed by atoms with Crippen LogP contribution in [0, 0.1) is 0 Å². The molecule has 0 saturated carbocycles. The molecule has 0 radical (unpaired) electrons. The number of hydrogen-bond acceptors (Lipinski definition) is 3. The number of alkyl halides is 2. The molecule has 0 aliphatic carbocycles. The van der Waals surface area contributed by atoms with E-state index in [1.807, 2.05) is 0 Å². The van der Waals surface area contributed by atoms with Gasteiger partial charge in [-0.05, 0) is 36.2 Å². The molecule has 2 aromatic carbocycles. The Morgan fingerprint density at radius 3 is 2.48 bits per heavy atom. The van der Waals surface area contributed by atoms with Gasteiger partial charge in [-0.3, -0.25) is 9.59 Å². The summed E-state index contributed by atoms with van der Waals surface area (Å²) in [5, 5.41) is 0.403. The highest BCUT2D eigenvalue weighted by Crippen LogP contribution is 2.19. The average Bonchev–Trinajstić information content (AvgIpc) is 2.94. The lowest BCUT2D eigenvalue weighted by atomic mass is 10.1. The zero-order chi connectivity index (χ0) is 20.8. The van der Waals surface area contributed by atoms with E-state index < -0.39 is 6.61 Å². The van der Waals surface area contributed by atoms with Crippen LogP contribution in [0.3, 0.4) is 0 Å². The second kappa shape index (κ2) is 9.69. The molecule has 1 aliphatic rings. The van der Waals surface area contributed by atoms with E-state index in [4.69, 9.17) is 11.6 Å². The zero-order valence-corrected chi connectivity index (χ0v) is 16.4. The van der Waals surface area contributed by atoms with E-state index in [9.17, 15) is 18.4 Å². The molecule has 0 unspecified atom stereocenters. The monoisotopic (exact) mass is 422 g/mol. The number of hydrogen-bond donors (Lipinski definition) is 0. The third-order valence-electron chi connectivity index (χ3n) is 4.72. The van der Waals surface area contributed by atoms with E-state index in [1.165, 1.54) is 12.1 Å². The van der Waals surface area contributed by atoms with Crippen LogP contribution >= 0.6 is 11.6 Å². The van der Waals surface area contributed by atoms with Gasteiger partial charge in [-0.2, -0.15) is 8.78 Å². The van der Waals surface area contributed by atoms with E-state index in [2.05, 4.69) is 4.74 Å².